The van der Waals surface area contributed by atoms with Gasteiger partial charge in [0, 0.05) is 37.1 Å². The van der Waals surface area contributed by atoms with Crippen molar-refractivity contribution < 1.29 is 0 Å². The first-order valence-corrected chi connectivity index (χ1v) is 6.45. The summed E-state index contributed by atoms with van der Waals surface area (Å²) in [6.07, 6.45) is 4.10. The molecular formula is C14H25N3. The van der Waals surface area contributed by atoms with Gasteiger partial charge in [0.05, 0.1) is 0 Å². The molecular weight excluding hydrogens is 210 g/mol. The molecule has 1 heterocycles. The minimum atomic E-state index is 0.170. The molecule has 0 unspecified atom stereocenters. The van der Waals surface area contributed by atoms with Crippen LogP contribution in [0.5, 0.6) is 0 Å². The van der Waals surface area contributed by atoms with Gasteiger partial charge in [-0.1, -0.05) is 13.8 Å². The second-order valence-electron chi connectivity index (χ2n) is 5.05. The van der Waals surface area contributed by atoms with Crippen LogP contribution in [0.25, 0.3) is 0 Å². The van der Waals surface area contributed by atoms with Gasteiger partial charge in [-0.3, -0.25) is 0 Å². The molecule has 96 valence electrons. The van der Waals surface area contributed by atoms with Crippen LogP contribution in [0.1, 0.15) is 40.5 Å². The van der Waals surface area contributed by atoms with E-state index in [0.29, 0.717) is 0 Å². The number of nitrogens with zero attached hydrogens (tertiary/aromatic N) is 2. The fourth-order valence-corrected chi connectivity index (χ4v) is 1.56. The van der Waals surface area contributed by atoms with Gasteiger partial charge in [-0.25, -0.2) is 4.98 Å². The maximum absolute atomic E-state index is 4.33. The standard InChI is InChI=1S/C14H25N3/c1-6-9-15-13-11-12(8-10-16-13)17(5)14(3,4)7-2/h8,10-11H,6-7,9H2,1-5H3,(H,15,16). The summed E-state index contributed by atoms with van der Waals surface area (Å²) in [6.45, 7) is 9.85. The molecule has 17 heavy (non-hydrogen) atoms. The minimum Gasteiger partial charge on any atom is -0.370 e. The lowest BCUT2D eigenvalue weighted by atomic mass is 9.99. The van der Waals surface area contributed by atoms with E-state index in [0.717, 1.165) is 25.2 Å². The number of nitrogens with one attached hydrogen (secondary N) is 1. The van der Waals surface area contributed by atoms with Crippen LogP contribution in [0.4, 0.5) is 11.5 Å². The summed E-state index contributed by atoms with van der Waals surface area (Å²) in [4.78, 5) is 6.64. The van der Waals surface area contributed by atoms with Gasteiger partial charge in [-0.2, -0.15) is 0 Å². The first-order valence-electron chi connectivity index (χ1n) is 6.45. The Morgan fingerprint density at radius 1 is 1.35 bits per heavy atom. The van der Waals surface area contributed by atoms with Crippen molar-refractivity contribution >= 4 is 11.5 Å². The van der Waals surface area contributed by atoms with Crippen LogP contribution in [-0.2, 0) is 0 Å². The maximum atomic E-state index is 4.33. The lowest BCUT2D eigenvalue weighted by Crippen LogP contribution is -2.40. The van der Waals surface area contributed by atoms with E-state index in [1.807, 2.05) is 6.20 Å². The summed E-state index contributed by atoms with van der Waals surface area (Å²) in [5, 5.41) is 3.32. The third-order valence-electron chi connectivity index (χ3n) is 3.46. The van der Waals surface area contributed by atoms with Crippen LogP contribution in [0.2, 0.25) is 0 Å². The van der Waals surface area contributed by atoms with Crippen molar-refractivity contribution in [3.63, 3.8) is 0 Å². The third kappa shape index (κ3) is 3.62. The van der Waals surface area contributed by atoms with E-state index in [9.17, 15) is 0 Å². The second-order valence-corrected chi connectivity index (χ2v) is 5.05. The van der Waals surface area contributed by atoms with Crippen molar-refractivity contribution in [2.45, 2.75) is 46.1 Å². The number of hydrogen-bond acceptors (Lipinski definition) is 3. The maximum Gasteiger partial charge on any atom is 0.127 e. The van der Waals surface area contributed by atoms with E-state index in [1.54, 1.807) is 0 Å². The van der Waals surface area contributed by atoms with Crippen LogP contribution in [0, 0.1) is 0 Å². The normalized spacial score (nSPS) is 11.4. The van der Waals surface area contributed by atoms with Crippen molar-refractivity contribution in [1.82, 2.24) is 4.98 Å². The Kier molecular flexibility index (Phi) is 4.79. The van der Waals surface area contributed by atoms with Crippen molar-refractivity contribution in [2.75, 3.05) is 23.8 Å². The zero-order valence-electron chi connectivity index (χ0n) is 11.7. The van der Waals surface area contributed by atoms with Gasteiger partial charge in [0.1, 0.15) is 5.82 Å². The Bertz CT molecular complexity index is 347. The molecule has 0 bridgehead atoms. The molecule has 0 atom stereocenters. The van der Waals surface area contributed by atoms with E-state index >= 15 is 0 Å². The number of rotatable bonds is 6. The topological polar surface area (TPSA) is 28.2 Å². The Labute approximate surface area is 105 Å². The fourth-order valence-electron chi connectivity index (χ4n) is 1.56. The molecule has 1 N–H and O–H groups in total. The van der Waals surface area contributed by atoms with E-state index < -0.39 is 0 Å². The Morgan fingerprint density at radius 3 is 2.65 bits per heavy atom. The Morgan fingerprint density at radius 2 is 2.06 bits per heavy atom. The molecule has 1 aromatic rings. The summed E-state index contributed by atoms with van der Waals surface area (Å²) in [7, 11) is 2.14. The molecule has 0 saturated heterocycles. The van der Waals surface area contributed by atoms with Crippen LogP contribution in [-0.4, -0.2) is 24.1 Å². The number of pyridine rings is 1. The molecule has 0 fully saturated rings. The molecule has 0 aliphatic heterocycles. The molecule has 0 aliphatic carbocycles. The average molecular weight is 235 g/mol. The second kappa shape index (κ2) is 5.89. The van der Waals surface area contributed by atoms with Gasteiger partial charge < -0.3 is 10.2 Å². The van der Waals surface area contributed by atoms with Crippen LogP contribution >= 0.6 is 0 Å². The van der Waals surface area contributed by atoms with Gasteiger partial charge >= 0.3 is 0 Å². The highest BCUT2D eigenvalue weighted by atomic mass is 15.2. The van der Waals surface area contributed by atoms with Crippen LogP contribution in [0.3, 0.4) is 0 Å². The summed E-state index contributed by atoms with van der Waals surface area (Å²) in [5.41, 5.74) is 1.38. The number of aromatic nitrogens is 1. The molecule has 0 saturated carbocycles. The number of hydrogen-bond donors (Lipinski definition) is 1. The van der Waals surface area contributed by atoms with Crippen molar-refractivity contribution in [1.29, 1.82) is 0 Å². The monoisotopic (exact) mass is 235 g/mol. The van der Waals surface area contributed by atoms with Crippen molar-refractivity contribution in [3.05, 3.63) is 18.3 Å². The Hall–Kier alpha value is -1.25. The predicted octanol–water partition coefficient (Wildman–Crippen LogP) is 3.53. The van der Waals surface area contributed by atoms with Crippen molar-refractivity contribution in [2.24, 2.45) is 0 Å². The minimum absolute atomic E-state index is 0.170. The highest BCUT2D eigenvalue weighted by molar-refractivity contribution is 5.54. The zero-order chi connectivity index (χ0) is 12.9. The zero-order valence-corrected chi connectivity index (χ0v) is 11.7. The van der Waals surface area contributed by atoms with Gasteiger partial charge in [-0.05, 0) is 32.8 Å². The summed E-state index contributed by atoms with van der Waals surface area (Å²) < 4.78 is 0. The van der Waals surface area contributed by atoms with Gasteiger partial charge in [0.25, 0.3) is 0 Å². The van der Waals surface area contributed by atoms with E-state index in [4.69, 9.17) is 0 Å². The first kappa shape index (κ1) is 13.8. The van der Waals surface area contributed by atoms with Gasteiger partial charge in [0.2, 0.25) is 0 Å². The van der Waals surface area contributed by atoms with E-state index in [-0.39, 0.29) is 5.54 Å². The summed E-state index contributed by atoms with van der Waals surface area (Å²) in [6, 6.07) is 4.18. The molecule has 0 radical (unpaired) electrons. The molecule has 1 rings (SSSR count). The first-order chi connectivity index (χ1) is 8.01. The van der Waals surface area contributed by atoms with Crippen LogP contribution in [0.15, 0.2) is 18.3 Å². The van der Waals surface area contributed by atoms with Crippen molar-refractivity contribution in [3.8, 4) is 0 Å². The molecule has 3 heteroatoms. The number of anilines is 2. The van der Waals surface area contributed by atoms with E-state index in [1.165, 1.54) is 5.69 Å². The molecule has 0 amide bonds. The highest BCUT2D eigenvalue weighted by Gasteiger charge is 2.21. The summed E-state index contributed by atoms with van der Waals surface area (Å²) in [5.74, 6) is 0.961. The SMILES string of the molecule is CCCNc1cc(N(C)C(C)(C)CC)ccn1. The quantitative estimate of drug-likeness (QED) is 0.817. The van der Waals surface area contributed by atoms with Gasteiger partial charge in [-0.15, -0.1) is 0 Å². The third-order valence-corrected chi connectivity index (χ3v) is 3.46. The summed E-state index contributed by atoms with van der Waals surface area (Å²) >= 11 is 0. The molecule has 3 nitrogen and oxygen atoms in total. The molecule has 0 aromatic carbocycles. The molecule has 1 aromatic heterocycles. The molecule has 0 aliphatic rings. The average Bonchev–Trinajstić information content (AvgIpc) is 2.35. The smallest absolute Gasteiger partial charge is 0.127 e. The van der Waals surface area contributed by atoms with Gasteiger partial charge in [0.15, 0.2) is 0 Å². The lowest BCUT2D eigenvalue weighted by molar-refractivity contribution is 0.471. The van der Waals surface area contributed by atoms with Crippen LogP contribution < -0.4 is 10.2 Å². The predicted molar refractivity (Wildman–Crippen MR) is 75.8 cm³/mol. The lowest BCUT2D eigenvalue weighted by Gasteiger charge is -2.36. The largest absolute Gasteiger partial charge is 0.370 e. The van der Waals surface area contributed by atoms with E-state index in [2.05, 4.69) is 62.1 Å². The Balaban J connectivity index is 2.84. The highest BCUT2D eigenvalue weighted by Crippen LogP contribution is 2.25. The molecule has 0 spiro atoms. The fraction of sp³-hybridized carbons (Fsp3) is 0.643.